The Bertz CT molecular complexity index is 347. The summed E-state index contributed by atoms with van der Waals surface area (Å²) in [6.45, 7) is 1.94. The highest BCUT2D eigenvalue weighted by molar-refractivity contribution is 5.13. The molecule has 1 N–H and O–H groups in total. The Hall–Kier alpha value is -0.960. The van der Waals surface area contributed by atoms with Crippen molar-refractivity contribution >= 4 is 0 Å². The number of aliphatic hydroxyl groups is 1. The molecule has 16 heavy (non-hydrogen) atoms. The van der Waals surface area contributed by atoms with Crippen LogP contribution >= 0.6 is 0 Å². The van der Waals surface area contributed by atoms with Crippen molar-refractivity contribution in [3.8, 4) is 0 Å². The number of aromatic nitrogens is 1. The van der Waals surface area contributed by atoms with Crippen LogP contribution in [-0.2, 0) is 5.60 Å². The second-order valence-electron chi connectivity index (χ2n) is 4.73. The fourth-order valence-electron chi connectivity index (χ4n) is 1.99. The van der Waals surface area contributed by atoms with Crippen molar-refractivity contribution in [3.63, 3.8) is 0 Å². The third-order valence-corrected chi connectivity index (χ3v) is 3.45. The Kier molecular flexibility index (Phi) is 3.24. The number of halogens is 1. The summed E-state index contributed by atoms with van der Waals surface area (Å²) in [6.07, 6.45) is 6.15. The molecule has 1 fully saturated rings. The molecule has 1 atom stereocenters. The molecule has 1 aromatic rings. The predicted molar refractivity (Wildman–Crippen MR) is 60.3 cm³/mol. The van der Waals surface area contributed by atoms with Gasteiger partial charge in [-0.1, -0.05) is 19.8 Å². The summed E-state index contributed by atoms with van der Waals surface area (Å²) in [6, 6.07) is 2.95. The Morgan fingerprint density at radius 2 is 2.25 bits per heavy atom. The van der Waals surface area contributed by atoms with E-state index in [9.17, 15) is 9.50 Å². The molecule has 0 saturated heterocycles. The summed E-state index contributed by atoms with van der Waals surface area (Å²) < 4.78 is 12.8. The number of hydrogen-bond donors (Lipinski definition) is 1. The molecule has 88 valence electrons. The van der Waals surface area contributed by atoms with E-state index in [-0.39, 0.29) is 5.82 Å². The number of hydrogen-bond acceptors (Lipinski definition) is 2. The van der Waals surface area contributed by atoms with Crippen LogP contribution < -0.4 is 0 Å². The van der Waals surface area contributed by atoms with E-state index in [4.69, 9.17) is 0 Å². The average molecular weight is 223 g/mol. The smallest absolute Gasteiger partial charge is 0.141 e. The minimum absolute atomic E-state index is 0.357. The fourth-order valence-corrected chi connectivity index (χ4v) is 1.99. The van der Waals surface area contributed by atoms with Crippen LogP contribution in [0.15, 0.2) is 18.3 Å². The normalized spacial score (nSPS) is 19.4. The first-order valence-electron chi connectivity index (χ1n) is 5.98. The monoisotopic (exact) mass is 223 g/mol. The van der Waals surface area contributed by atoms with Crippen molar-refractivity contribution < 1.29 is 9.50 Å². The molecule has 0 spiro atoms. The summed E-state index contributed by atoms with van der Waals surface area (Å²) in [5, 5.41) is 10.5. The van der Waals surface area contributed by atoms with E-state index in [1.807, 2.05) is 6.92 Å². The first-order chi connectivity index (χ1) is 7.64. The van der Waals surface area contributed by atoms with Crippen LogP contribution in [0.5, 0.6) is 0 Å². The van der Waals surface area contributed by atoms with Gasteiger partial charge in [-0.2, -0.15) is 0 Å². The Balaban J connectivity index is 2.08. The lowest BCUT2D eigenvalue weighted by atomic mass is 9.89. The van der Waals surface area contributed by atoms with Crippen LogP contribution in [0.25, 0.3) is 0 Å². The Morgan fingerprint density at radius 3 is 2.75 bits per heavy atom. The van der Waals surface area contributed by atoms with Crippen LogP contribution in [0.1, 0.15) is 44.7 Å². The molecule has 2 rings (SSSR count). The van der Waals surface area contributed by atoms with E-state index in [0.717, 1.165) is 18.8 Å². The molecule has 0 amide bonds. The summed E-state index contributed by atoms with van der Waals surface area (Å²) in [5.74, 6) is 0.433. The minimum atomic E-state index is -0.879. The van der Waals surface area contributed by atoms with Gasteiger partial charge in [0.25, 0.3) is 0 Å². The molecule has 1 unspecified atom stereocenters. The Labute approximate surface area is 95.5 Å². The van der Waals surface area contributed by atoms with E-state index >= 15 is 0 Å². The third-order valence-electron chi connectivity index (χ3n) is 3.45. The maximum absolute atomic E-state index is 12.8. The van der Waals surface area contributed by atoms with Crippen LogP contribution in [-0.4, -0.2) is 10.1 Å². The first kappa shape index (κ1) is 11.5. The minimum Gasteiger partial charge on any atom is -0.384 e. The molecule has 1 saturated carbocycles. The zero-order valence-electron chi connectivity index (χ0n) is 9.62. The van der Waals surface area contributed by atoms with Crippen LogP contribution in [0, 0.1) is 11.7 Å². The van der Waals surface area contributed by atoms with E-state index in [1.165, 1.54) is 25.1 Å². The highest BCUT2D eigenvalue weighted by Gasteiger charge is 2.31. The molecule has 0 aromatic carbocycles. The average Bonchev–Trinajstić information content (AvgIpc) is 3.11. The van der Waals surface area contributed by atoms with E-state index < -0.39 is 5.60 Å². The topological polar surface area (TPSA) is 33.1 Å². The highest BCUT2D eigenvalue weighted by atomic mass is 19.1. The molecule has 0 aliphatic heterocycles. The third kappa shape index (κ3) is 2.59. The van der Waals surface area contributed by atoms with Gasteiger partial charge in [-0.25, -0.2) is 4.39 Å². The molecule has 0 bridgehead atoms. The lowest BCUT2D eigenvalue weighted by Crippen LogP contribution is -2.26. The van der Waals surface area contributed by atoms with Gasteiger partial charge in [0.15, 0.2) is 0 Å². The van der Waals surface area contributed by atoms with Gasteiger partial charge >= 0.3 is 0 Å². The van der Waals surface area contributed by atoms with Crippen molar-refractivity contribution in [1.82, 2.24) is 4.98 Å². The summed E-state index contributed by atoms with van der Waals surface area (Å²) in [4.78, 5) is 3.99. The lowest BCUT2D eigenvalue weighted by Gasteiger charge is -2.26. The molecule has 1 aliphatic carbocycles. The number of nitrogens with zero attached hydrogens (tertiary/aromatic N) is 1. The SMILES string of the molecule is CCC(O)(CCC1CC1)c1ccc(F)cn1. The van der Waals surface area contributed by atoms with Crippen molar-refractivity contribution in [2.45, 2.75) is 44.6 Å². The van der Waals surface area contributed by atoms with Gasteiger partial charge in [-0.05, 0) is 37.3 Å². The predicted octanol–water partition coefficient (Wildman–Crippen LogP) is 3.01. The molecular weight excluding hydrogens is 205 g/mol. The van der Waals surface area contributed by atoms with Crippen LogP contribution in [0.4, 0.5) is 4.39 Å². The standard InChI is InChI=1S/C13H18FNO/c1-2-13(16,8-7-10-3-4-10)12-6-5-11(14)9-15-12/h5-6,9-10,16H,2-4,7-8H2,1H3. The van der Waals surface area contributed by atoms with Crippen molar-refractivity contribution in [2.75, 3.05) is 0 Å². The first-order valence-corrected chi connectivity index (χ1v) is 5.98. The lowest BCUT2D eigenvalue weighted by molar-refractivity contribution is 0.0155. The summed E-state index contributed by atoms with van der Waals surface area (Å²) in [5.41, 5.74) is -0.284. The van der Waals surface area contributed by atoms with E-state index in [2.05, 4.69) is 4.98 Å². The molecular formula is C13H18FNO. The number of rotatable bonds is 5. The molecule has 1 aliphatic rings. The van der Waals surface area contributed by atoms with Crippen LogP contribution in [0.2, 0.25) is 0 Å². The maximum atomic E-state index is 12.8. The quantitative estimate of drug-likeness (QED) is 0.832. The fraction of sp³-hybridized carbons (Fsp3) is 0.615. The zero-order chi connectivity index (χ0) is 11.6. The number of pyridine rings is 1. The maximum Gasteiger partial charge on any atom is 0.141 e. The van der Waals surface area contributed by atoms with Gasteiger partial charge < -0.3 is 5.11 Å². The zero-order valence-corrected chi connectivity index (χ0v) is 9.62. The van der Waals surface area contributed by atoms with E-state index in [1.54, 1.807) is 6.07 Å². The highest BCUT2D eigenvalue weighted by Crippen LogP contribution is 2.38. The molecule has 1 heterocycles. The Morgan fingerprint density at radius 1 is 1.50 bits per heavy atom. The summed E-state index contributed by atoms with van der Waals surface area (Å²) in [7, 11) is 0. The second kappa shape index (κ2) is 4.50. The van der Waals surface area contributed by atoms with Crippen LogP contribution in [0.3, 0.4) is 0 Å². The van der Waals surface area contributed by atoms with Gasteiger partial charge in [0.05, 0.1) is 11.9 Å². The summed E-state index contributed by atoms with van der Waals surface area (Å²) >= 11 is 0. The largest absolute Gasteiger partial charge is 0.384 e. The van der Waals surface area contributed by atoms with Gasteiger partial charge in [-0.3, -0.25) is 4.98 Å². The van der Waals surface area contributed by atoms with Crippen molar-refractivity contribution in [3.05, 3.63) is 29.8 Å². The van der Waals surface area contributed by atoms with Crippen molar-refractivity contribution in [1.29, 1.82) is 0 Å². The van der Waals surface area contributed by atoms with Gasteiger partial charge in [0, 0.05) is 0 Å². The molecule has 2 nitrogen and oxygen atoms in total. The van der Waals surface area contributed by atoms with Crippen molar-refractivity contribution in [2.24, 2.45) is 5.92 Å². The second-order valence-corrected chi connectivity index (χ2v) is 4.73. The molecule has 0 radical (unpaired) electrons. The van der Waals surface area contributed by atoms with Gasteiger partial charge in [-0.15, -0.1) is 0 Å². The van der Waals surface area contributed by atoms with E-state index in [0.29, 0.717) is 12.1 Å². The van der Waals surface area contributed by atoms with Gasteiger partial charge in [0.1, 0.15) is 11.4 Å². The van der Waals surface area contributed by atoms with Gasteiger partial charge in [0.2, 0.25) is 0 Å². The molecule has 1 aromatic heterocycles. The molecule has 3 heteroatoms.